The summed E-state index contributed by atoms with van der Waals surface area (Å²) in [7, 11) is 0. The standard InChI is InChI=1S/C31H38F3NO3/c1-6-9-10-11-22-12-15-27(23(7-2)16-22)29-17-24-13-14-26(18-28(24)35(29)21(4)5)37-19-25(31(32,33)34)20-38-30(36)8-3/h8,12-18,21,25H,3,6-7,9-11,19-20H2,1-2,4-5H3. The normalized spacial score (nSPS) is 12.6. The molecule has 1 aromatic heterocycles. The van der Waals surface area contributed by atoms with Gasteiger partial charge in [-0.15, -0.1) is 0 Å². The Kier molecular flexibility index (Phi) is 10.1. The third-order valence-electron chi connectivity index (χ3n) is 6.73. The number of benzene rings is 2. The fraction of sp³-hybridized carbons (Fsp3) is 0.452. The number of aromatic nitrogens is 1. The van der Waals surface area contributed by atoms with Crippen LogP contribution in [0.1, 0.15) is 64.1 Å². The molecule has 0 aliphatic heterocycles. The molecular weight excluding hydrogens is 491 g/mol. The van der Waals surface area contributed by atoms with Crippen LogP contribution in [0.5, 0.6) is 5.75 Å². The van der Waals surface area contributed by atoms with Gasteiger partial charge in [-0.05, 0) is 62.4 Å². The number of nitrogens with zero attached hydrogens (tertiary/aromatic N) is 1. The minimum absolute atomic E-state index is 0.118. The van der Waals surface area contributed by atoms with E-state index in [-0.39, 0.29) is 6.04 Å². The number of halogens is 3. The number of carbonyl (C=O) groups excluding carboxylic acids is 1. The minimum Gasteiger partial charge on any atom is -0.493 e. The lowest BCUT2D eigenvalue weighted by Gasteiger charge is -2.20. The first-order valence-electron chi connectivity index (χ1n) is 13.3. The molecule has 206 valence electrons. The minimum atomic E-state index is -4.57. The second-order valence-electron chi connectivity index (χ2n) is 9.90. The highest BCUT2D eigenvalue weighted by atomic mass is 19.4. The van der Waals surface area contributed by atoms with Crippen LogP contribution in [0.2, 0.25) is 0 Å². The van der Waals surface area contributed by atoms with Crippen molar-refractivity contribution in [1.82, 2.24) is 4.57 Å². The maximum absolute atomic E-state index is 13.5. The molecule has 2 aromatic carbocycles. The monoisotopic (exact) mass is 529 g/mol. The summed E-state index contributed by atoms with van der Waals surface area (Å²) in [6, 6.07) is 14.3. The van der Waals surface area contributed by atoms with Crippen molar-refractivity contribution in [2.75, 3.05) is 13.2 Å². The van der Waals surface area contributed by atoms with E-state index in [1.165, 1.54) is 36.0 Å². The summed E-state index contributed by atoms with van der Waals surface area (Å²) in [4.78, 5) is 11.3. The Morgan fingerprint density at radius 1 is 1.05 bits per heavy atom. The van der Waals surface area contributed by atoms with Gasteiger partial charge in [0.1, 0.15) is 24.9 Å². The molecule has 1 heterocycles. The van der Waals surface area contributed by atoms with E-state index >= 15 is 0 Å². The summed E-state index contributed by atoms with van der Waals surface area (Å²) in [6.07, 6.45) is 1.83. The van der Waals surface area contributed by atoms with Gasteiger partial charge in [0.15, 0.2) is 0 Å². The Balaban J connectivity index is 1.91. The number of rotatable bonds is 13. The van der Waals surface area contributed by atoms with Gasteiger partial charge in [-0.25, -0.2) is 4.79 Å². The average molecular weight is 530 g/mol. The molecule has 0 saturated carbocycles. The van der Waals surface area contributed by atoms with Crippen molar-refractivity contribution >= 4 is 16.9 Å². The molecule has 0 aliphatic rings. The van der Waals surface area contributed by atoms with Gasteiger partial charge < -0.3 is 14.0 Å². The molecule has 0 radical (unpaired) electrons. The Labute approximate surface area is 223 Å². The predicted molar refractivity (Wildman–Crippen MR) is 147 cm³/mol. The van der Waals surface area contributed by atoms with Crippen LogP contribution in [-0.2, 0) is 22.4 Å². The number of hydrogen-bond acceptors (Lipinski definition) is 3. The second-order valence-corrected chi connectivity index (χ2v) is 9.90. The Morgan fingerprint density at radius 2 is 1.82 bits per heavy atom. The molecule has 38 heavy (non-hydrogen) atoms. The van der Waals surface area contributed by atoms with E-state index in [1.54, 1.807) is 12.1 Å². The van der Waals surface area contributed by atoms with Crippen molar-refractivity contribution in [3.63, 3.8) is 0 Å². The molecular formula is C31H38F3NO3. The number of hydrogen-bond donors (Lipinski definition) is 0. The van der Waals surface area contributed by atoms with E-state index in [2.05, 4.69) is 67.8 Å². The molecule has 0 N–H and O–H groups in total. The van der Waals surface area contributed by atoms with Crippen LogP contribution < -0.4 is 4.74 Å². The number of carbonyl (C=O) groups is 1. The Morgan fingerprint density at radius 3 is 2.45 bits per heavy atom. The van der Waals surface area contributed by atoms with Crippen molar-refractivity contribution < 1.29 is 27.4 Å². The number of fused-ring (bicyclic) bond motifs is 1. The molecule has 7 heteroatoms. The van der Waals surface area contributed by atoms with Gasteiger partial charge in [0.05, 0.1) is 5.52 Å². The number of unbranched alkanes of at least 4 members (excludes halogenated alkanes) is 2. The lowest BCUT2D eigenvalue weighted by molar-refractivity contribution is -0.195. The van der Waals surface area contributed by atoms with E-state index in [4.69, 9.17) is 4.74 Å². The lowest BCUT2D eigenvalue weighted by Crippen LogP contribution is -2.33. The SMILES string of the molecule is C=CC(=O)OCC(COc1ccc2cc(-c3ccc(CCCCC)cc3CC)n(C(C)C)c2c1)C(F)(F)F. The molecule has 0 spiro atoms. The zero-order valence-corrected chi connectivity index (χ0v) is 22.7. The summed E-state index contributed by atoms with van der Waals surface area (Å²) in [6.45, 7) is 10.3. The fourth-order valence-corrected chi connectivity index (χ4v) is 4.65. The third kappa shape index (κ3) is 7.21. The van der Waals surface area contributed by atoms with Gasteiger partial charge in [-0.2, -0.15) is 13.2 Å². The summed E-state index contributed by atoms with van der Waals surface area (Å²) in [5.74, 6) is -2.52. The second kappa shape index (κ2) is 13.0. The highest BCUT2D eigenvalue weighted by molar-refractivity contribution is 5.89. The predicted octanol–water partition coefficient (Wildman–Crippen LogP) is 8.47. The zero-order valence-electron chi connectivity index (χ0n) is 22.7. The number of esters is 1. The average Bonchev–Trinajstić information content (AvgIpc) is 3.26. The van der Waals surface area contributed by atoms with Crippen molar-refractivity contribution in [2.45, 2.75) is 72.0 Å². The first-order valence-corrected chi connectivity index (χ1v) is 13.3. The molecule has 0 fully saturated rings. The van der Waals surface area contributed by atoms with Gasteiger partial charge in [0.2, 0.25) is 0 Å². The molecule has 3 aromatic rings. The van der Waals surface area contributed by atoms with Crippen molar-refractivity contribution in [3.8, 4) is 17.0 Å². The molecule has 0 amide bonds. The quantitative estimate of drug-likeness (QED) is 0.127. The van der Waals surface area contributed by atoms with Crippen molar-refractivity contribution in [3.05, 3.63) is 66.2 Å². The number of aryl methyl sites for hydroxylation is 2. The van der Waals surface area contributed by atoms with Gasteiger partial charge in [0.25, 0.3) is 0 Å². The van der Waals surface area contributed by atoms with Crippen LogP contribution in [0.15, 0.2) is 55.1 Å². The first-order chi connectivity index (χ1) is 18.1. The van der Waals surface area contributed by atoms with Crippen LogP contribution in [-0.4, -0.2) is 29.9 Å². The topological polar surface area (TPSA) is 40.5 Å². The van der Waals surface area contributed by atoms with E-state index < -0.39 is 31.3 Å². The van der Waals surface area contributed by atoms with Gasteiger partial charge in [-0.3, -0.25) is 0 Å². The van der Waals surface area contributed by atoms with Crippen LogP contribution >= 0.6 is 0 Å². The fourth-order valence-electron chi connectivity index (χ4n) is 4.65. The Bertz CT molecular complexity index is 1240. The maximum Gasteiger partial charge on any atom is 0.398 e. The van der Waals surface area contributed by atoms with E-state index in [9.17, 15) is 18.0 Å². The van der Waals surface area contributed by atoms with Gasteiger partial charge in [0, 0.05) is 34.8 Å². The summed E-state index contributed by atoms with van der Waals surface area (Å²) in [5.41, 5.74) is 5.76. The van der Waals surface area contributed by atoms with Crippen LogP contribution in [0.3, 0.4) is 0 Å². The molecule has 1 unspecified atom stereocenters. The van der Waals surface area contributed by atoms with E-state index in [1.807, 2.05) is 6.07 Å². The van der Waals surface area contributed by atoms with Crippen LogP contribution in [0, 0.1) is 5.92 Å². The highest BCUT2D eigenvalue weighted by Gasteiger charge is 2.41. The summed E-state index contributed by atoms with van der Waals surface area (Å²) >= 11 is 0. The Hall–Kier alpha value is -3.22. The molecule has 4 nitrogen and oxygen atoms in total. The summed E-state index contributed by atoms with van der Waals surface area (Å²) < 4.78 is 52.9. The van der Waals surface area contributed by atoms with E-state index in [0.29, 0.717) is 5.75 Å². The van der Waals surface area contributed by atoms with Gasteiger partial charge >= 0.3 is 12.1 Å². The molecule has 3 rings (SSSR count). The van der Waals surface area contributed by atoms with Crippen LogP contribution in [0.25, 0.3) is 22.2 Å². The third-order valence-corrected chi connectivity index (χ3v) is 6.73. The number of ether oxygens (including phenoxy) is 2. The smallest absolute Gasteiger partial charge is 0.398 e. The number of alkyl halides is 3. The summed E-state index contributed by atoms with van der Waals surface area (Å²) in [5, 5.41) is 0.988. The van der Waals surface area contributed by atoms with Crippen molar-refractivity contribution in [1.29, 1.82) is 0 Å². The molecule has 0 bridgehead atoms. The van der Waals surface area contributed by atoms with E-state index in [0.717, 1.165) is 35.5 Å². The maximum atomic E-state index is 13.5. The van der Waals surface area contributed by atoms with Gasteiger partial charge in [-0.1, -0.05) is 51.5 Å². The highest BCUT2D eigenvalue weighted by Crippen LogP contribution is 2.36. The van der Waals surface area contributed by atoms with Crippen LogP contribution in [0.4, 0.5) is 13.2 Å². The largest absolute Gasteiger partial charge is 0.493 e. The zero-order chi connectivity index (χ0) is 27.9. The molecule has 0 aliphatic carbocycles. The first kappa shape index (κ1) is 29.3. The lowest BCUT2D eigenvalue weighted by atomic mass is 9.96. The van der Waals surface area contributed by atoms with Crippen molar-refractivity contribution in [2.24, 2.45) is 5.92 Å². The molecule has 1 atom stereocenters. The molecule has 0 saturated heterocycles.